The van der Waals surface area contributed by atoms with Gasteiger partial charge in [0.05, 0.1) is 10.5 Å². The molecule has 2 rings (SSSR count). The van der Waals surface area contributed by atoms with Gasteiger partial charge in [-0.2, -0.15) is 0 Å². The Labute approximate surface area is 118 Å². The van der Waals surface area contributed by atoms with Crippen molar-refractivity contribution in [1.29, 1.82) is 0 Å². The highest BCUT2D eigenvalue weighted by molar-refractivity contribution is 9.10. The van der Waals surface area contributed by atoms with Gasteiger partial charge in [0.2, 0.25) is 10.0 Å². The molecule has 1 aromatic carbocycles. The van der Waals surface area contributed by atoms with Crippen molar-refractivity contribution in [1.82, 2.24) is 5.32 Å². The van der Waals surface area contributed by atoms with E-state index in [1.165, 1.54) is 0 Å². The SMILES string of the molecule is NS(=O)(=O)c1cc(C(=O)NC2CCC2)c(F)cc1Br. The molecule has 0 spiro atoms. The highest BCUT2D eigenvalue weighted by Crippen LogP contribution is 2.25. The average Bonchev–Trinajstić information content (AvgIpc) is 2.21. The van der Waals surface area contributed by atoms with Crippen LogP contribution in [-0.4, -0.2) is 20.4 Å². The third-order valence-electron chi connectivity index (χ3n) is 3.01. The van der Waals surface area contributed by atoms with E-state index in [0.29, 0.717) is 0 Å². The van der Waals surface area contributed by atoms with Crippen LogP contribution >= 0.6 is 15.9 Å². The third-order valence-corrected chi connectivity index (χ3v) is 4.88. The average molecular weight is 351 g/mol. The Bertz CT molecular complexity index is 629. The minimum atomic E-state index is -4.02. The molecule has 0 atom stereocenters. The summed E-state index contributed by atoms with van der Waals surface area (Å²) in [6.07, 6.45) is 2.73. The number of primary sulfonamides is 1. The van der Waals surface area contributed by atoms with Crippen LogP contribution in [0, 0.1) is 5.82 Å². The molecule has 8 heteroatoms. The van der Waals surface area contributed by atoms with E-state index in [-0.39, 0.29) is 21.0 Å². The second-order valence-electron chi connectivity index (χ2n) is 4.41. The summed E-state index contributed by atoms with van der Waals surface area (Å²) in [6.45, 7) is 0. The minimum Gasteiger partial charge on any atom is -0.349 e. The first kappa shape index (κ1) is 14.4. The van der Waals surface area contributed by atoms with Gasteiger partial charge in [-0.25, -0.2) is 17.9 Å². The minimum absolute atomic E-state index is 0.00676. The monoisotopic (exact) mass is 350 g/mol. The largest absolute Gasteiger partial charge is 0.349 e. The maximum atomic E-state index is 13.7. The van der Waals surface area contributed by atoms with Gasteiger partial charge in [-0.1, -0.05) is 0 Å². The number of amides is 1. The molecule has 3 N–H and O–H groups in total. The van der Waals surface area contributed by atoms with Crippen LogP contribution in [0.3, 0.4) is 0 Å². The van der Waals surface area contributed by atoms with Gasteiger partial charge in [0.15, 0.2) is 0 Å². The maximum Gasteiger partial charge on any atom is 0.254 e. The van der Waals surface area contributed by atoms with E-state index in [2.05, 4.69) is 21.2 Å². The smallest absolute Gasteiger partial charge is 0.254 e. The number of hydrogen-bond acceptors (Lipinski definition) is 3. The number of nitrogens with one attached hydrogen (secondary N) is 1. The molecule has 1 aliphatic rings. The Morgan fingerprint density at radius 1 is 1.42 bits per heavy atom. The van der Waals surface area contributed by atoms with Crippen LogP contribution in [0.1, 0.15) is 29.6 Å². The lowest BCUT2D eigenvalue weighted by Gasteiger charge is -2.26. The topological polar surface area (TPSA) is 89.3 Å². The van der Waals surface area contributed by atoms with Gasteiger partial charge < -0.3 is 5.32 Å². The molecule has 0 unspecified atom stereocenters. The number of sulfonamides is 1. The van der Waals surface area contributed by atoms with E-state index in [9.17, 15) is 17.6 Å². The molecule has 1 fully saturated rings. The van der Waals surface area contributed by atoms with E-state index in [1.54, 1.807) is 0 Å². The Hall–Kier alpha value is -0.990. The highest BCUT2D eigenvalue weighted by Gasteiger charge is 2.24. The number of benzene rings is 1. The quantitative estimate of drug-likeness (QED) is 0.865. The fraction of sp³-hybridized carbons (Fsp3) is 0.364. The summed E-state index contributed by atoms with van der Waals surface area (Å²) >= 11 is 2.91. The zero-order valence-corrected chi connectivity index (χ0v) is 12.2. The van der Waals surface area contributed by atoms with Gasteiger partial charge in [0.25, 0.3) is 5.91 Å². The fourth-order valence-corrected chi connectivity index (χ4v) is 3.34. The Morgan fingerprint density at radius 3 is 2.53 bits per heavy atom. The van der Waals surface area contributed by atoms with Crippen molar-refractivity contribution in [2.75, 3.05) is 0 Å². The molecule has 5 nitrogen and oxygen atoms in total. The zero-order valence-electron chi connectivity index (χ0n) is 9.82. The number of nitrogens with two attached hydrogens (primary N) is 1. The molecule has 0 radical (unpaired) electrons. The summed E-state index contributed by atoms with van der Waals surface area (Å²) < 4.78 is 36.4. The van der Waals surface area contributed by atoms with Gasteiger partial charge in [-0.15, -0.1) is 0 Å². The van der Waals surface area contributed by atoms with Crippen LogP contribution in [-0.2, 0) is 10.0 Å². The highest BCUT2D eigenvalue weighted by atomic mass is 79.9. The van der Waals surface area contributed by atoms with Gasteiger partial charge in [0.1, 0.15) is 5.82 Å². The van der Waals surface area contributed by atoms with Crippen molar-refractivity contribution in [3.8, 4) is 0 Å². The van der Waals surface area contributed by atoms with Gasteiger partial charge in [0, 0.05) is 10.5 Å². The van der Waals surface area contributed by atoms with Gasteiger partial charge >= 0.3 is 0 Å². The summed E-state index contributed by atoms with van der Waals surface area (Å²) in [7, 11) is -4.02. The standard InChI is InChI=1S/C11H12BrFN2O3S/c12-8-5-9(13)7(4-10(8)19(14,17)18)11(16)15-6-2-1-3-6/h4-6H,1-3H2,(H,15,16)(H2,14,17,18). The van der Waals surface area contributed by atoms with Crippen LogP contribution in [0.2, 0.25) is 0 Å². The fourth-order valence-electron chi connectivity index (χ4n) is 1.74. The van der Waals surface area contributed by atoms with E-state index < -0.39 is 21.7 Å². The summed E-state index contributed by atoms with van der Waals surface area (Å²) in [5.74, 6) is -1.42. The lowest BCUT2D eigenvalue weighted by atomic mass is 9.93. The number of hydrogen-bond donors (Lipinski definition) is 2. The molecular formula is C11H12BrFN2O3S. The van der Waals surface area contributed by atoms with Crippen molar-refractivity contribution >= 4 is 31.9 Å². The molecule has 0 aliphatic heterocycles. The number of carbonyl (C=O) groups excluding carboxylic acids is 1. The maximum absolute atomic E-state index is 13.7. The predicted octanol–water partition coefficient (Wildman–Crippen LogP) is 1.52. The van der Waals surface area contributed by atoms with Crippen LogP contribution in [0.4, 0.5) is 4.39 Å². The van der Waals surface area contributed by atoms with Crippen molar-refractivity contribution in [3.63, 3.8) is 0 Å². The number of rotatable bonds is 3. The van der Waals surface area contributed by atoms with E-state index >= 15 is 0 Å². The third kappa shape index (κ3) is 3.13. The first-order valence-corrected chi connectivity index (χ1v) is 7.95. The molecule has 1 amide bonds. The van der Waals surface area contributed by atoms with E-state index in [0.717, 1.165) is 31.4 Å². The second-order valence-corrected chi connectivity index (χ2v) is 6.79. The van der Waals surface area contributed by atoms with Crippen molar-refractivity contribution in [2.24, 2.45) is 5.14 Å². The van der Waals surface area contributed by atoms with Gasteiger partial charge in [-0.05, 0) is 47.3 Å². The van der Waals surface area contributed by atoms with Gasteiger partial charge in [-0.3, -0.25) is 4.79 Å². The van der Waals surface area contributed by atoms with Crippen LogP contribution < -0.4 is 10.5 Å². The first-order chi connectivity index (χ1) is 8.79. The van der Waals surface area contributed by atoms with E-state index in [4.69, 9.17) is 5.14 Å². The van der Waals surface area contributed by atoms with Crippen LogP contribution in [0.15, 0.2) is 21.5 Å². The van der Waals surface area contributed by atoms with Crippen molar-refractivity contribution in [3.05, 3.63) is 28.0 Å². The Balaban J connectivity index is 2.36. The second kappa shape index (κ2) is 5.18. The Morgan fingerprint density at radius 2 is 2.05 bits per heavy atom. The molecule has 0 bridgehead atoms. The molecule has 104 valence electrons. The molecule has 1 aromatic rings. The molecule has 0 aromatic heterocycles. The zero-order chi connectivity index (χ0) is 14.2. The van der Waals surface area contributed by atoms with Crippen molar-refractivity contribution in [2.45, 2.75) is 30.2 Å². The van der Waals surface area contributed by atoms with Crippen molar-refractivity contribution < 1.29 is 17.6 Å². The number of halogens is 2. The summed E-state index contributed by atoms with van der Waals surface area (Å²) in [5, 5.41) is 7.65. The lowest BCUT2D eigenvalue weighted by Crippen LogP contribution is -2.39. The summed E-state index contributed by atoms with van der Waals surface area (Å²) in [6, 6.07) is 1.91. The summed E-state index contributed by atoms with van der Waals surface area (Å²) in [4.78, 5) is 11.5. The molecular weight excluding hydrogens is 339 g/mol. The molecule has 1 aliphatic carbocycles. The predicted molar refractivity (Wildman–Crippen MR) is 70.6 cm³/mol. The molecule has 19 heavy (non-hydrogen) atoms. The molecule has 0 saturated heterocycles. The lowest BCUT2D eigenvalue weighted by molar-refractivity contribution is 0.0912. The molecule has 0 heterocycles. The summed E-state index contributed by atoms with van der Waals surface area (Å²) in [5.41, 5.74) is -0.320. The molecule has 1 saturated carbocycles. The first-order valence-electron chi connectivity index (χ1n) is 5.62. The van der Waals surface area contributed by atoms with Crippen LogP contribution in [0.25, 0.3) is 0 Å². The van der Waals surface area contributed by atoms with Crippen LogP contribution in [0.5, 0.6) is 0 Å². The van der Waals surface area contributed by atoms with E-state index in [1.807, 2.05) is 0 Å². The normalized spacial score (nSPS) is 15.9. The number of carbonyl (C=O) groups is 1. The Kier molecular flexibility index (Phi) is 3.93.